The molecule has 2 rings (SSSR count). The summed E-state index contributed by atoms with van der Waals surface area (Å²) < 4.78 is 0. The zero-order valence-electron chi connectivity index (χ0n) is 16.2. The second kappa shape index (κ2) is 9.16. The quantitative estimate of drug-likeness (QED) is 0.468. The highest BCUT2D eigenvalue weighted by Gasteiger charge is 2.39. The molecule has 2 aliphatic heterocycles. The molecular weight excluding hydrogens is 352 g/mol. The Labute approximate surface area is 159 Å². The van der Waals surface area contributed by atoms with Crippen molar-refractivity contribution in [2.45, 2.75) is 70.6 Å². The Morgan fingerprint density at radius 1 is 1.07 bits per heavy atom. The third-order valence-corrected chi connectivity index (χ3v) is 5.17. The SMILES string of the molecule is CC(NC(=O)C(NC(=O)C1CCCN1C(=O)C1CCCN1)C(C)C)C(=O)O. The third kappa shape index (κ3) is 5.18. The van der Waals surface area contributed by atoms with Gasteiger partial charge in [-0.15, -0.1) is 0 Å². The number of hydrogen-bond acceptors (Lipinski definition) is 5. The molecule has 0 saturated carbocycles. The zero-order valence-corrected chi connectivity index (χ0v) is 16.2. The molecule has 0 bridgehead atoms. The summed E-state index contributed by atoms with van der Waals surface area (Å²) in [6.45, 7) is 6.25. The molecule has 0 aromatic carbocycles. The molecule has 2 heterocycles. The van der Waals surface area contributed by atoms with Gasteiger partial charge in [0.05, 0.1) is 6.04 Å². The summed E-state index contributed by atoms with van der Waals surface area (Å²) in [4.78, 5) is 50.4. The molecule has 0 spiro atoms. The van der Waals surface area contributed by atoms with Crippen molar-refractivity contribution in [3.8, 4) is 0 Å². The first kappa shape index (κ1) is 21.1. The van der Waals surface area contributed by atoms with Crippen LogP contribution in [-0.4, -0.2) is 71.0 Å². The summed E-state index contributed by atoms with van der Waals surface area (Å²) in [5.74, 6) is -2.33. The van der Waals surface area contributed by atoms with Crippen molar-refractivity contribution in [1.82, 2.24) is 20.9 Å². The average Bonchev–Trinajstić information content (AvgIpc) is 3.29. The van der Waals surface area contributed by atoms with Crippen LogP contribution in [0.2, 0.25) is 0 Å². The molecule has 2 aliphatic rings. The molecular formula is C18H30N4O5. The largest absolute Gasteiger partial charge is 0.480 e. The molecule has 0 aromatic heterocycles. The van der Waals surface area contributed by atoms with Gasteiger partial charge in [-0.3, -0.25) is 19.2 Å². The van der Waals surface area contributed by atoms with Gasteiger partial charge in [0, 0.05) is 6.54 Å². The van der Waals surface area contributed by atoms with Gasteiger partial charge in [-0.05, 0) is 45.1 Å². The number of carboxylic acids is 1. The molecule has 9 nitrogen and oxygen atoms in total. The van der Waals surface area contributed by atoms with E-state index >= 15 is 0 Å². The van der Waals surface area contributed by atoms with Crippen molar-refractivity contribution in [3.05, 3.63) is 0 Å². The Morgan fingerprint density at radius 3 is 2.33 bits per heavy atom. The molecule has 0 aromatic rings. The molecule has 0 radical (unpaired) electrons. The molecule has 2 fully saturated rings. The first-order chi connectivity index (χ1) is 12.7. The predicted molar refractivity (Wildman–Crippen MR) is 97.8 cm³/mol. The number of rotatable bonds is 7. The summed E-state index contributed by atoms with van der Waals surface area (Å²) in [6, 6.07) is -2.74. The standard InChI is InChI=1S/C18H30N4O5/c1-10(2)14(16(24)20-11(3)18(26)27)21-15(23)13-7-5-9-22(13)17(25)12-6-4-8-19-12/h10-14,19H,4-9H2,1-3H3,(H,20,24)(H,21,23)(H,26,27). The Kier molecular flexibility index (Phi) is 7.18. The Morgan fingerprint density at radius 2 is 1.78 bits per heavy atom. The monoisotopic (exact) mass is 382 g/mol. The van der Waals surface area contributed by atoms with Crippen molar-refractivity contribution >= 4 is 23.7 Å². The predicted octanol–water partition coefficient (Wildman–Crippen LogP) is -0.540. The summed E-state index contributed by atoms with van der Waals surface area (Å²) in [5.41, 5.74) is 0. The molecule has 4 N–H and O–H groups in total. The van der Waals surface area contributed by atoms with Crippen molar-refractivity contribution in [3.63, 3.8) is 0 Å². The van der Waals surface area contributed by atoms with Crippen LogP contribution < -0.4 is 16.0 Å². The Hall–Kier alpha value is -2.16. The lowest BCUT2D eigenvalue weighted by atomic mass is 10.0. The number of carboxylic acid groups (broad SMARTS) is 1. The van der Waals surface area contributed by atoms with E-state index in [1.54, 1.807) is 18.7 Å². The van der Waals surface area contributed by atoms with E-state index in [1.165, 1.54) is 6.92 Å². The van der Waals surface area contributed by atoms with Crippen LogP contribution in [0.25, 0.3) is 0 Å². The van der Waals surface area contributed by atoms with Gasteiger partial charge in [-0.25, -0.2) is 0 Å². The van der Waals surface area contributed by atoms with Crippen LogP contribution in [0.3, 0.4) is 0 Å². The van der Waals surface area contributed by atoms with Gasteiger partial charge in [0.15, 0.2) is 0 Å². The third-order valence-electron chi connectivity index (χ3n) is 5.17. The maximum absolute atomic E-state index is 12.8. The fourth-order valence-corrected chi connectivity index (χ4v) is 3.55. The normalized spacial score (nSPS) is 24.5. The highest BCUT2D eigenvalue weighted by Crippen LogP contribution is 2.21. The zero-order chi connectivity index (χ0) is 20.1. The first-order valence-corrected chi connectivity index (χ1v) is 9.59. The van der Waals surface area contributed by atoms with Gasteiger partial charge < -0.3 is 26.0 Å². The smallest absolute Gasteiger partial charge is 0.325 e. The lowest BCUT2D eigenvalue weighted by Gasteiger charge is -2.29. The van der Waals surface area contributed by atoms with Crippen LogP contribution >= 0.6 is 0 Å². The van der Waals surface area contributed by atoms with Gasteiger partial charge >= 0.3 is 5.97 Å². The van der Waals surface area contributed by atoms with Gasteiger partial charge in [-0.2, -0.15) is 0 Å². The number of likely N-dealkylation sites (tertiary alicyclic amines) is 1. The molecule has 2 saturated heterocycles. The van der Waals surface area contributed by atoms with Crippen LogP contribution in [0.15, 0.2) is 0 Å². The summed E-state index contributed by atoms with van der Waals surface area (Å²) >= 11 is 0. The van der Waals surface area contributed by atoms with Gasteiger partial charge in [0.25, 0.3) is 0 Å². The van der Waals surface area contributed by atoms with E-state index in [1.807, 2.05) is 0 Å². The number of nitrogens with one attached hydrogen (secondary N) is 3. The fourth-order valence-electron chi connectivity index (χ4n) is 3.55. The van der Waals surface area contributed by atoms with E-state index in [2.05, 4.69) is 16.0 Å². The minimum atomic E-state index is -1.14. The molecule has 3 amide bonds. The maximum Gasteiger partial charge on any atom is 0.325 e. The highest BCUT2D eigenvalue weighted by molar-refractivity contribution is 5.94. The number of hydrogen-bond donors (Lipinski definition) is 4. The first-order valence-electron chi connectivity index (χ1n) is 9.59. The lowest BCUT2D eigenvalue weighted by molar-refractivity contribution is -0.143. The van der Waals surface area contributed by atoms with Crippen LogP contribution in [-0.2, 0) is 19.2 Å². The molecule has 9 heteroatoms. The van der Waals surface area contributed by atoms with Crippen molar-refractivity contribution in [1.29, 1.82) is 0 Å². The highest BCUT2D eigenvalue weighted by atomic mass is 16.4. The summed E-state index contributed by atoms with van der Waals surface area (Å²) in [6.07, 6.45) is 3.01. The second-order valence-corrected chi connectivity index (χ2v) is 7.64. The van der Waals surface area contributed by atoms with E-state index in [-0.39, 0.29) is 23.8 Å². The number of nitrogens with zero attached hydrogens (tertiary/aromatic N) is 1. The fraction of sp³-hybridized carbons (Fsp3) is 0.778. The van der Waals surface area contributed by atoms with E-state index in [0.29, 0.717) is 13.0 Å². The van der Waals surface area contributed by atoms with E-state index < -0.39 is 30.0 Å². The summed E-state index contributed by atoms with van der Waals surface area (Å²) in [5, 5.41) is 17.2. The Balaban J connectivity index is 2.02. The van der Waals surface area contributed by atoms with Crippen LogP contribution in [0.5, 0.6) is 0 Å². The second-order valence-electron chi connectivity index (χ2n) is 7.64. The molecule has 4 atom stereocenters. The Bertz CT molecular complexity index is 588. The number of amides is 3. The molecule has 27 heavy (non-hydrogen) atoms. The maximum atomic E-state index is 12.8. The van der Waals surface area contributed by atoms with Crippen molar-refractivity contribution < 1.29 is 24.3 Å². The number of carbonyl (C=O) groups is 4. The molecule has 152 valence electrons. The van der Waals surface area contributed by atoms with Crippen LogP contribution in [0, 0.1) is 5.92 Å². The number of aliphatic carboxylic acids is 1. The topological polar surface area (TPSA) is 128 Å². The van der Waals surface area contributed by atoms with Crippen LogP contribution in [0.4, 0.5) is 0 Å². The average molecular weight is 382 g/mol. The number of carbonyl (C=O) groups excluding carboxylic acids is 3. The van der Waals surface area contributed by atoms with Gasteiger partial charge in [0.2, 0.25) is 17.7 Å². The van der Waals surface area contributed by atoms with Gasteiger partial charge in [0.1, 0.15) is 18.1 Å². The van der Waals surface area contributed by atoms with Crippen LogP contribution in [0.1, 0.15) is 46.5 Å². The molecule has 4 unspecified atom stereocenters. The minimum absolute atomic E-state index is 0.0600. The summed E-state index contributed by atoms with van der Waals surface area (Å²) in [7, 11) is 0. The van der Waals surface area contributed by atoms with E-state index in [0.717, 1.165) is 25.8 Å². The van der Waals surface area contributed by atoms with Crippen molar-refractivity contribution in [2.24, 2.45) is 5.92 Å². The molecule has 0 aliphatic carbocycles. The van der Waals surface area contributed by atoms with E-state index in [4.69, 9.17) is 5.11 Å². The van der Waals surface area contributed by atoms with Gasteiger partial charge in [-0.1, -0.05) is 13.8 Å². The van der Waals surface area contributed by atoms with Crippen molar-refractivity contribution in [2.75, 3.05) is 13.1 Å². The minimum Gasteiger partial charge on any atom is -0.480 e. The van der Waals surface area contributed by atoms with E-state index in [9.17, 15) is 19.2 Å². The lowest BCUT2D eigenvalue weighted by Crippen LogP contribution is -2.57.